The number of likely N-dealkylation sites (tertiary alicyclic amines) is 1. The Morgan fingerprint density at radius 3 is 2.62 bits per heavy atom. The standard InChI is InChI=1S/C15H20N2O4/c1-9-8-10(2)16-13(18)12(9)14(19)17-7-5-3-4-6-11(17)15(20)21/h8,11H,3-7H2,1-2H3,(H,16,18)(H,20,21). The molecule has 0 radical (unpaired) electrons. The molecule has 1 saturated heterocycles. The molecule has 0 aromatic carbocycles. The van der Waals surface area contributed by atoms with E-state index in [4.69, 9.17) is 0 Å². The molecule has 0 saturated carbocycles. The Labute approximate surface area is 122 Å². The summed E-state index contributed by atoms with van der Waals surface area (Å²) in [5.41, 5.74) is 0.856. The van der Waals surface area contributed by atoms with Gasteiger partial charge in [0.1, 0.15) is 11.6 Å². The van der Waals surface area contributed by atoms with E-state index in [0.29, 0.717) is 24.2 Å². The minimum atomic E-state index is -1.01. The number of nitrogens with one attached hydrogen (secondary N) is 1. The highest BCUT2D eigenvalue weighted by atomic mass is 16.4. The van der Waals surface area contributed by atoms with Crippen LogP contribution in [-0.4, -0.2) is 39.5 Å². The van der Waals surface area contributed by atoms with E-state index >= 15 is 0 Å². The van der Waals surface area contributed by atoms with Gasteiger partial charge in [-0.25, -0.2) is 4.79 Å². The second-order valence-electron chi connectivity index (χ2n) is 5.54. The number of hydrogen-bond donors (Lipinski definition) is 2. The number of carbonyl (C=O) groups excluding carboxylic acids is 1. The van der Waals surface area contributed by atoms with Gasteiger partial charge in [0.05, 0.1) is 0 Å². The number of carboxylic acid groups (broad SMARTS) is 1. The van der Waals surface area contributed by atoms with Crippen molar-refractivity contribution in [3.05, 3.63) is 33.2 Å². The van der Waals surface area contributed by atoms with Gasteiger partial charge in [-0.1, -0.05) is 12.8 Å². The lowest BCUT2D eigenvalue weighted by Crippen LogP contribution is -2.46. The van der Waals surface area contributed by atoms with Gasteiger partial charge in [-0.05, 0) is 38.3 Å². The first kappa shape index (κ1) is 15.3. The van der Waals surface area contributed by atoms with E-state index in [0.717, 1.165) is 19.3 Å². The molecule has 1 unspecified atom stereocenters. The van der Waals surface area contributed by atoms with Gasteiger partial charge >= 0.3 is 5.97 Å². The smallest absolute Gasteiger partial charge is 0.326 e. The Morgan fingerprint density at radius 1 is 1.29 bits per heavy atom. The van der Waals surface area contributed by atoms with E-state index in [-0.39, 0.29) is 5.56 Å². The van der Waals surface area contributed by atoms with E-state index in [1.807, 2.05) is 0 Å². The maximum absolute atomic E-state index is 12.7. The number of pyridine rings is 1. The van der Waals surface area contributed by atoms with E-state index in [1.165, 1.54) is 4.90 Å². The molecule has 0 bridgehead atoms. The number of rotatable bonds is 2. The highest BCUT2D eigenvalue weighted by Crippen LogP contribution is 2.20. The molecule has 1 fully saturated rings. The zero-order chi connectivity index (χ0) is 15.6. The molecule has 2 rings (SSSR count). The SMILES string of the molecule is Cc1cc(C)c(C(=O)N2CCCCCC2C(=O)O)c(=O)[nH]1. The summed E-state index contributed by atoms with van der Waals surface area (Å²) in [4.78, 5) is 40.1. The number of aliphatic carboxylic acids is 1. The maximum Gasteiger partial charge on any atom is 0.326 e. The summed E-state index contributed by atoms with van der Waals surface area (Å²) in [6.07, 6.45) is 2.88. The molecule has 6 nitrogen and oxygen atoms in total. The minimum Gasteiger partial charge on any atom is -0.480 e. The second kappa shape index (κ2) is 6.11. The summed E-state index contributed by atoms with van der Waals surface area (Å²) in [5.74, 6) is -1.49. The average molecular weight is 292 g/mol. The first-order valence-corrected chi connectivity index (χ1v) is 7.16. The Hall–Kier alpha value is -2.11. The quantitative estimate of drug-likeness (QED) is 0.863. The van der Waals surface area contributed by atoms with Gasteiger partial charge in [0, 0.05) is 12.2 Å². The van der Waals surface area contributed by atoms with Crippen molar-refractivity contribution in [1.29, 1.82) is 0 Å². The van der Waals surface area contributed by atoms with Crippen molar-refractivity contribution in [2.24, 2.45) is 0 Å². The first-order chi connectivity index (χ1) is 9.91. The number of aromatic nitrogens is 1. The number of carbonyl (C=O) groups is 2. The van der Waals surface area contributed by atoms with Crippen molar-refractivity contribution in [3.8, 4) is 0 Å². The number of nitrogens with zero attached hydrogens (tertiary/aromatic N) is 1. The van der Waals surface area contributed by atoms with Crippen LogP contribution >= 0.6 is 0 Å². The van der Waals surface area contributed by atoms with E-state index in [2.05, 4.69) is 4.98 Å². The van der Waals surface area contributed by atoms with Gasteiger partial charge in [-0.2, -0.15) is 0 Å². The molecule has 1 aromatic heterocycles. The lowest BCUT2D eigenvalue weighted by atomic mass is 10.1. The lowest BCUT2D eigenvalue weighted by Gasteiger charge is -2.27. The number of H-pyrrole nitrogens is 1. The van der Waals surface area contributed by atoms with Gasteiger partial charge in [0.25, 0.3) is 11.5 Å². The third kappa shape index (κ3) is 3.15. The third-order valence-electron chi connectivity index (χ3n) is 3.88. The van der Waals surface area contributed by atoms with Crippen LogP contribution in [0.4, 0.5) is 0 Å². The van der Waals surface area contributed by atoms with Crippen LogP contribution in [-0.2, 0) is 4.79 Å². The molecule has 1 aromatic rings. The zero-order valence-electron chi connectivity index (χ0n) is 12.3. The van der Waals surface area contributed by atoms with Crippen molar-refractivity contribution in [2.45, 2.75) is 45.6 Å². The molecular weight excluding hydrogens is 272 g/mol. The summed E-state index contributed by atoms with van der Waals surface area (Å²) in [5, 5.41) is 9.33. The summed E-state index contributed by atoms with van der Waals surface area (Å²) in [6, 6.07) is 0.877. The number of amides is 1. The zero-order valence-corrected chi connectivity index (χ0v) is 12.3. The average Bonchev–Trinajstić information content (AvgIpc) is 2.62. The second-order valence-corrected chi connectivity index (χ2v) is 5.54. The predicted molar refractivity (Wildman–Crippen MR) is 77.5 cm³/mol. The highest BCUT2D eigenvalue weighted by Gasteiger charge is 2.33. The maximum atomic E-state index is 12.7. The molecule has 21 heavy (non-hydrogen) atoms. The first-order valence-electron chi connectivity index (χ1n) is 7.16. The molecular formula is C15H20N2O4. The Bertz CT molecular complexity index is 621. The summed E-state index contributed by atoms with van der Waals surface area (Å²) in [6.45, 7) is 3.82. The van der Waals surface area contributed by atoms with Crippen molar-refractivity contribution in [2.75, 3.05) is 6.54 Å². The molecule has 2 N–H and O–H groups in total. The fraction of sp³-hybridized carbons (Fsp3) is 0.533. The largest absolute Gasteiger partial charge is 0.480 e. The van der Waals surface area contributed by atoms with Crippen LogP contribution in [0.25, 0.3) is 0 Å². The van der Waals surface area contributed by atoms with Gasteiger partial charge < -0.3 is 15.0 Å². The van der Waals surface area contributed by atoms with Crippen LogP contribution in [0.3, 0.4) is 0 Å². The van der Waals surface area contributed by atoms with E-state index < -0.39 is 23.5 Å². The van der Waals surface area contributed by atoms with Crippen molar-refractivity contribution >= 4 is 11.9 Å². The molecule has 0 spiro atoms. The van der Waals surface area contributed by atoms with Gasteiger partial charge in [-0.15, -0.1) is 0 Å². The lowest BCUT2D eigenvalue weighted by molar-refractivity contribution is -0.142. The van der Waals surface area contributed by atoms with Crippen molar-refractivity contribution in [1.82, 2.24) is 9.88 Å². The number of carboxylic acids is 1. The number of aryl methyl sites for hydroxylation is 2. The van der Waals surface area contributed by atoms with Gasteiger partial charge in [0.2, 0.25) is 0 Å². The molecule has 1 atom stereocenters. The van der Waals surface area contributed by atoms with Crippen LogP contribution in [0.1, 0.15) is 47.3 Å². The fourth-order valence-electron chi connectivity index (χ4n) is 2.87. The minimum absolute atomic E-state index is 0.0498. The monoisotopic (exact) mass is 292 g/mol. The van der Waals surface area contributed by atoms with E-state index in [1.54, 1.807) is 19.9 Å². The summed E-state index contributed by atoms with van der Waals surface area (Å²) < 4.78 is 0. The number of hydrogen-bond acceptors (Lipinski definition) is 3. The van der Waals surface area contributed by atoms with Crippen molar-refractivity contribution in [3.63, 3.8) is 0 Å². The molecule has 114 valence electrons. The van der Waals surface area contributed by atoms with Crippen LogP contribution in [0.5, 0.6) is 0 Å². The fourth-order valence-corrected chi connectivity index (χ4v) is 2.87. The Morgan fingerprint density at radius 2 is 2.00 bits per heavy atom. The summed E-state index contributed by atoms with van der Waals surface area (Å²) >= 11 is 0. The normalized spacial score (nSPS) is 19.1. The molecule has 1 amide bonds. The Kier molecular flexibility index (Phi) is 4.45. The molecule has 6 heteroatoms. The molecule has 1 aliphatic rings. The van der Waals surface area contributed by atoms with Gasteiger partial charge in [0.15, 0.2) is 0 Å². The van der Waals surface area contributed by atoms with Crippen LogP contribution < -0.4 is 5.56 Å². The topological polar surface area (TPSA) is 90.5 Å². The van der Waals surface area contributed by atoms with Crippen molar-refractivity contribution < 1.29 is 14.7 Å². The third-order valence-corrected chi connectivity index (χ3v) is 3.88. The molecule has 2 heterocycles. The summed E-state index contributed by atoms with van der Waals surface area (Å²) in [7, 11) is 0. The van der Waals surface area contributed by atoms with Crippen LogP contribution in [0.15, 0.2) is 10.9 Å². The van der Waals surface area contributed by atoms with Crippen LogP contribution in [0, 0.1) is 13.8 Å². The number of aromatic amines is 1. The Balaban J connectivity index is 2.41. The van der Waals surface area contributed by atoms with E-state index in [9.17, 15) is 19.5 Å². The van der Waals surface area contributed by atoms with Gasteiger partial charge in [-0.3, -0.25) is 9.59 Å². The highest BCUT2D eigenvalue weighted by molar-refractivity contribution is 5.97. The predicted octanol–water partition coefficient (Wildman–Crippen LogP) is 1.46. The molecule has 0 aliphatic carbocycles. The van der Waals surface area contributed by atoms with Crippen LogP contribution in [0.2, 0.25) is 0 Å². The molecule has 1 aliphatic heterocycles.